The molecular weight excluding hydrogens is 386 g/mol. The molecule has 4 rings (SSSR count). The van der Waals surface area contributed by atoms with Crippen molar-refractivity contribution in [3.63, 3.8) is 0 Å². The highest BCUT2D eigenvalue weighted by atomic mass is 32.1. The van der Waals surface area contributed by atoms with Crippen LogP contribution in [0.3, 0.4) is 0 Å². The molecule has 0 unspecified atom stereocenters. The van der Waals surface area contributed by atoms with E-state index in [2.05, 4.69) is 35.4 Å². The highest BCUT2D eigenvalue weighted by Crippen LogP contribution is 2.38. The van der Waals surface area contributed by atoms with Gasteiger partial charge in [0.1, 0.15) is 0 Å². The number of nitrogens with one attached hydrogen (secondary N) is 1. The Morgan fingerprint density at radius 2 is 1.93 bits per heavy atom. The summed E-state index contributed by atoms with van der Waals surface area (Å²) in [6.45, 7) is 2.21. The molecule has 0 radical (unpaired) electrons. The molecule has 2 heterocycles. The largest absolute Gasteiger partial charge is 0.302 e. The molecular formula is C22H25N3O3S. The van der Waals surface area contributed by atoms with Crippen LogP contribution in [0.4, 0.5) is 5.13 Å². The van der Waals surface area contributed by atoms with Crippen molar-refractivity contribution < 1.29 is 14.4 Å². The number of amides is 3. The fraction of sp³-hybridized carbons (Fsp3) is 0.455. The van der Waals surface area contributed by atoms with Crippen molar-refractivity contribution in [2.45, 2.75) is 45.4 Å². The third-order valence-electron chi connectivity index (χ3n) is 5.76. The van der Waals surface area contributed by atoms with Gasteiger partial charge in [-0.05, 0) is 25.3 Å². The number of fused-ring (bicyclic) bond motifs is 1. The van der Waals surface area contributed by atoms with Gasteiger partial charge < -0.3 is 5.32 Å². The van der Waals surface area contributed by atoms with E-state index in [9.17, 15) is 14.4 Å². The van der Waals surface area contributed by atoms with Crippen LogP contribution in [0.15, 0.2) is 30.5 Å². The molecule has 2 atom stereocenters. The number of carbonyl (C=O) groups excluding carboxylic acids is 3. The fourth-order valence-corrected chi connectivity index (χ4v) is 5.18. The topological polar surface area (TPSA) is 79.4 Å². The standard InChI is InChI=1S/C22H25N3O3S/c1-14-5-4-6-15(11-14)12-16-13-23-22(29-16)24-19(26)9-10-25-20(27)17-7-2-3-8-18(17)21(25)28/h4-6,11,13,17-18H,2-3,7-10,12H2,1H3,(H,23,24,26)/t17-,18-/m1/s1. The van der Waals surface area contributed by atoms with Crippen LogP contribution >= 0.6 is 11.3 Å². The van der Waals surface area contributed by atoms with E-state index in [-0.39, 0.29) is 42.5 Å². The van der Waals surface area contributed by atoms with Crippen molar-refractivity contribution >= 4 is 34.2 Å². The van der Waals surface area contributed by atoms with Crippen LogP contribution in [-0.2, 0) is 20.8 Å². The van der Waals surface area contributed by atoms with E-state index >= 15 is 0 Å². The van der Waals surface area contributed by atoms with Gasteiger partial charge in [-0.25, -0.2) is 4.98 Å². The number of benzene rings is 1. The highest BCUT2D eigenvalue weighted by Gasteiger charge is 2.47. The monoisotopic (exact) mass is 411 g/mol. The van der Waals surface area contributed by atoms with E-state index < -0.39 is 0 Å². The predicted octanol–water partition coefficient (Wildman–Crippen LogP) is 3.55. The van der Waals surface area contributed by atoms with E-state index in [1.807, 2.05) is 6.07 Å². The number of aryl methyl sites for hydroxylation is 1. The van der Waals surface area contributed by atoms with Gasteiger partial charge in [-0.1, -0.05) is 42.7 Å². The summed E-state index contributed by atoms with van der Waals surface area (Å²) in [6.07, 6.45) is 6.24. The van der Waals surface area contributed by atoms with Crippen molar-refractivity contribution in [1.82, 2.24) is 9.88 Å². The smallest absolute Gasteiger partial charge is 0.233 e. The maximum atomic E-state index is 12.5. The molecule has 0 spiro atoms. The second kappa shape index (κ2) is 8.45. The first-order chi connectivity index (χ1) is 14.0. The zero-order valence-corrected chi connectivity index (χ0v) is 17.3. The molecule has 7 heteroatoms. The Kier molecular flexibility index (Phi) is 5.76. The van der Waals surface area contributed by atoms with Crippen molar-refractivity contribution in [3.8, 4) is 0 Å². The molecule has 1 aliphatic carbocycles. The van der Waals surface area contributed by atoms with E-state index in [0.717, 1.165) is 37.0 Å². The first-order valence-electron chi connectivity index (χ1n) is 10.2. The Morgan fingerprint density at radius 1 is 1.21 bits per heavy atom. The number of anilines is 1. The van der Waals surface area contributed by atoms with Gasteiger partial charge in [-0.2, -0.15) is 0 Å². The average Bonchev–Trinajstić information content (AvgIpc) is 3.23. The molecule has 1 saturated carbocycles. The lowest BCUT2D eigenvalue weighted by atomic mass is 9.81. The van der Waals surface area contributed by atoms with Gasteiger partial charge in [0.05, 0.1) is 11.8 Å². The Hall–Kier alpha value is -2.54. The van der Waals surface area contributed by atoms with Crippen molar-refractivity contribution in [2.75, 3.05) is 11.9 Å². The quantitative estimate of drug-likeness (QED) is 0.738. The number of imide groups is 1. The number of carbonyl (C=O) groups is 3. The van der Waals surface area contributed by atoms with Gasteiger partial charge in [0.2, 0.25) is 17.7 Å². The van der Waals surface area contributed by atoms with Crippen LogP contribution in [0.2, 0.25) is 0 Å². The summed E-state index contributed by atoms with van der Waals surface area (Å²) in [5.74, 6) is -0.744. The molecule has 0 bridgehead atoms. The summed E-state index contributed by atoms with van der Waals surface area (Å²) in [5, 5.41) is 3.34. The second-order valence-electron chi connectivity index (χ2n) is 7.92. The Bertz CT molecular complexity index is 915. The first kappa shape index (κ1) is 19.8. The van der Waals surface area contributed by atoms with Crippen LogP contribution in [0.25, 0.3) is 0 Å². The molecule has 1 N–H and O–H groups in total. The molecule has 3 amide bonds. The maximum absolute atomic E-state index is 12.5. The minimum absolute atomic E-state index is 0.0952. The van der Waals surface area contributed by atoms with Gasteiger partial charge >= 0.3 is 0 Å². The number of hydrogen-bond donors (Lipinski definition) is 1. The van der Waals surface area contributed by atoms with E-state index in [1.54, 1.807) is 6.20 Å². The highest BCUT2D eigenvalue weighted by molar-refractivity contribution is 7.15. The van der Waals surface area contributed by atoms with E-state index in [0.29, 0.717) is 5.13 Å². The number of likely N-dealkylation sites (tertiary alicyclic amines) is 1. The average molecular weight is 412 g/mol. The molecule has 1 aromatic carbocycles. The van der Waals surface area contributed by atoms with E-state index in [1.165, 1.54) is 27.4 Å². The van der Waals surface area contributed by atoms with Gasteiger partial charge in [0, 0.05) is 30.5 Å². The number of nitrogens with zero attached hydrogens (tertiary/aromatic N) is 2. The van der Waals surface area contributed by atoms with Crippen molar-refractivity contribution in [2.24, 2.45) is 11.8 Å². The Balaban J connectivity index is 1.30. The fourth-order valence-electron chi connectivity index (χ4n) is 4.32. The van der Waals surface area contributed by atoms with Crippen LogP contribution in [0.1, 0.15) is 48.1 Å². The molecule has 6 nitrogen and oxygen atoms in total. The summed E-state index contributed by atoms with van der Waals surface area (Å²) in [7, 11) is 0. The Morgan fingerprint density at radius 3 is 2.62 bits per heavy atom. The van der Waals surface area contributed by atoms with Gasteiger partial charge in [0.15, 0.2) is 5.13 Å². The molecule has 1 aromatic heterocycles. The van der Waals surface area contributed by atoms with Gasteiger partial charge in [0.25, 0.3) is 0 Å². The minimum atomic E-state index is -0.225. The lowest BCUT2D eigenvalue weighted by Gasteiger charge is -2.19. The number of hydrogen-bond acceptors (Lipinski definition) is 5. The molecule has 1 aliphatic heterocycles. The normalized spacial score (nSPS) is 21.3. The lowest BCUT2D eigenvalue weighted by Crippen LogP contribution is -2.34. The Labute approximate surface area is 174 Å². The van der Waals surface area contributed by atoms with Crippen LogP contribution in [-0.4, -0.2) is 34.2 Å². The minimum Gasteiger partial charge on any atom is -0.302 e. The SMILES string of the molecule is Cc1cccc(Cc2cnc(NC(=O)CCN3C(=O)[C@@H]4CCCC[C@H]4C3=O)s2)c1. The van der Waals surface area contributed by atoms with E-state index in [4.69, 9.17) is 0 Å². The zero-order chi connectivity index (χ0) is 20.4. The van der Waals surface area contributed by atoms with Crippen molar-refractivity contribution in [1.29, 1.82) is 0 Å². The third kappa shape index (κ3) is 4.40. The molecule has 2 aromatic rings. The zero-order valence-electron chi connectivity index (χ0n) is 16.5. The molecule has 2 fully saturated rings. The summed E-state index contributed by atoms with van der Waals surface area (Å²) < 4.78 is 0. The third-order valence-corrected chi connectivity index (χ3v) is 6.67. The molecule has 152 valence electrons. The maximum Gasteiger partial charge on any atom is 0.233 e. The number of rotatable bonds is 6. The van der Waals surface area contributed by atoms with Crippen molar-refractivity contribution in [3.05, 3.63) is 46.5 Å². The summed E-state index contributed by atoms with van der Waals surface area (Å²) >= 11 is 1.45. The summed E-state index contributed by atoms with van der Waals surface area (Å²) in [5.41, 5.74) is 2.42. The van der Waals surface area contributed by atoms with Gasteiger partial charge in [-0.3, -0.25) is 19.3 Å². The molecule has 2 aliphatic rings. The summed E-state index contributed by atoms with van der Waals surface area (Å²) in [6, 6.07) is 8.31. The van der Waals surface area contributed by atoms with Crippen LogP contribution in [0.5, 0.6) is 0 Å². The second-order valence-corrected chi connectivity index (χ2v) is 9.04. The summed E-state index contributed by atoms with van der Waals surface area (Å²) in [4.78, 5) is 43.9. The number of aromatic nitrogens is 1. The van der Waals surface area contributed by atoms with Crippen LogP contribution < -0.4 is 5.32 Å². The molecule has 29 heavy (non-hydrogen) atoms. The van der Waals surface area contributed by atoms with Gasteiger partial charge in [-0.15, -0.1) is 11.3 Å². The number of thiazole rings is 1. The first-order valence-corrected chi connectivity index (χ1v) is 11.0. The lowest BCUT2D eigenvalue weighted by molar-refractivity contribution is -0.140. The predicted molar refractivity (Wildman–Crippen MR) is 112 cm³/mol. The molecule has 1 saturated heterocycles. The van der Waals surface area contributed by atoms with Crippen LogP contribution in [0, 0.1) is 18.8 Å².